The van der Waals surface area contributed by atoms with Crippen molar-refractivity contribution >= 4 is 27.8 Å². The lowest BCUT2D eigenvalue weighted by Crippen LogP contribution is -2.24. The number of aromatic nitrogens is 1. The lowest BCUT2D eigenvalue weighted by molar-refractivity contribution is 0.0685. The molecule has 1 aromatic heterocycles. The molecule has 0 aliphatic heterocycles. The molecule has 21 heavy (non-hydrogen) atoms. The molecule has 1 saturated carbocycles. The molecule has 1 aliphatic carbocycles. The van der Waals surface area contributed by atoms with Crippen LogP contribution in [-0.4, -0.2) is 42.6 Å². The van der Waals surface area contributed by atoms with Crippen LogP contribution < -0.4 is 4.72 Å². The number of hydrogen-bond donors (Lipinski definition) is 2. The van der Waals surface area contributed by atoms with Crippen LogP contribution in [0, 0.1) is 0 Å². The summed E-state index contributed by atoms with van der Waals surface area (Å²) in [5.41, 5.74) is 0.0419. The SMILES string of the molecule is CSCCCCNS(=O)(=O)c1cc(C(=O)O)n(C2CC2)c1. The van der Waals surface area contributed by atoms with E-state index < -0.39 is 16.0 Å². The van der Waals surface area contributed by atoms with E-state index in [1.807, 2.05) is 6.26 Å². The van der Waals surface area contributed by atoms with Gasteiger partial charge in [0.15, 0.2) is 0 Å². The Kier molecular flexibility index (Phi) is 5.34. The summed E-state index contributed by atoms with van der Waals surface area (Å²) < 4.78 is 28.4. The first kappa shape index (κ1) is 16.4. The molecule has 8 heteroatoms. The number of sulfonamides is 1. The Bertz CT molecular complexity index is 606. The Labute approximate surface area is 129 Å². The topological polar surface area (TPSA) is 88.4 Å². The van der Waals surface area contributed by atoms with Gasteiger partial charge < -0.3 is 9.67 Å². The number of hydrogen-bond acceptors (Lipinski definition) is 4. The first-order valence-corrected chi connectivity index (χ1v) is 9.77. The summed E-state index contributed by atoms with van der Waals surface area (Å²) in [5, 5.41) is 9.16. The predicted molar refractivity (Wildman–Crippen MR) is 82.5 cm³/mol. The molecule has 118 valence electrons. The van der Waals surface area contributed by atoms with Crippen molar-refractivity contribution in [3.05, 3.63) is 18.0 Å². The summed E-state index contributed by atoms with van der Waals surface area (Å²) in [6.07, 6.45) is 6.97. The van der Waals surface area contributed by atoms with Crippen LogP contribution in [0.2, 0.25) is 0 Å². The minimum absolute atomic E-state index is 0.0386. The summed E-state index contributed by atoms with van der Waals surface area (Å²) in [6.45, 7) is 0.375. The van der Waals surface area contributed by atoms with E-state index in [9.17, 15) is 13.2 Å². The van der Waals surface area contributed by atoms with Gasteiger partial charge in [-0.05, 0) is 43.8 Å². The van der Waals surface area contributed by atoms with Crippen LogP contribution in [-0.2, 0) is 10.0 Å². The summed E-state index contributed by atoms with van der Waals surface area (Å²) in [7, 11) is -3.63. The first-order chi connectivity index (χ1) is 9.95. The van der Waals surface area contributed by atoms with Gasteiger partial charge in [-0.3, -0.25) is 0 Å². The number of nitrogens with zero attached hydrogens (tertiary/aromatic N) is 1. The zero-order valence-electron chi connectivity index (χ0n) is 11.9. The van der Waals surface area contributed by atoms with Crippen LogP contribution in [0.25, 0.3) is 0 Å². The molecule has 1 aromatic rings. The second-order valence-electron chi connectivity index (χ2n) is 5.10. The molecule has 0 radical (unpaired) electrons. The molecule has 6 nitrogen and oxygen atoms in total. The van der Waals surface area contributed by atoms with Gasteiger partial charge in [0.25, 0.3) is 0 Å². The summed E-state index contributed by atoms with van der Waals surface area (Å²) >= 11 is 1.73. The molecule has 1 heterocycles. The Balaban J connectivity index is 2.05. The van der Waals surface area contributed by atoms with Crippen molar-refractivity contribution < 1.29 is 18.3 Å². The molecule has 0 saturated heterocycles. The Morgan fingerprint density at radius 3 is 2.76 bits per heavy atom. The van der Waals surface area contributed by atoms with Crippen molar-refractivity contribution in [2.45, 2.75) is 36.6 Å². The molecule has 0 amide bonds. The van der Waals surface area contributed by atoms with Gasteiger partial charge in [-0.2, -0.15) is 11.8 Å². The third kappa shape index (κ3) is 4.24. The van der Waals surface area contributed by atoms with Crippen LogP contribution in [0.1, 0.15) is 42.2 Å². The fourth-order valence-corrected chi connectivity index (χ4v) is 3.68. The fraction of sp³-hybridized carbons (Fsp3) is 0.615. The van der Waals surface area contributed by atoms with Gasteiger partial charge >= 0.3 is 5.97 Å². The van der Waals surface area contributed by atoms with Crippen molar-refractivity contribution in [3.63, 3.8) is 0 Å². The molecule has 0 atom stereocenters. The molecule has 2 N–H and O–H groups in total. The largest absolute Gasteiger partial charge is 0.477 e. The van der Waals surface area contributed by atoms with Crippen LogP contribution in [0.5, 0.6) is 0 Å². The highest BCUT2D eigenvalue weighted by molar-refractivity contribution is 7.98. The third-order valence-corrected chi connectivity index (χ3v) is 5.49. The Morgan fingerprint density at radius 1 is 1.48 bits per heavy atom. The van der Waals surface area contributed by atoms with Crippen molar-refractivity contribution in [2.75, 3.05) is 18.6 Å². The van der Waals surface area contributed by atoms with Crippen molar-refractivity contribution in [3.8, 4) is 0 Å². The molecule has 0 spiro atoms. The highest BCUT2D eigenvalue weighted by Gasteiger charge is 2.30. The number of rotatable bonds is 9. The number of nitrogens with one attached hydrogen (secondary N) is 1. The number of carboxylic acids is 1. The third-order valence-electron chi connectivity index (χ3n) is 3.36. The molecule has 2 rings (SSSR count). The molecule has 0 bridgehead atoms. The van der Waals surface area contributed by atoms with Crippen LogP contribution >= 0.6 is 11.8 Å². The maximum absolute atomic E-state index is 12.2. The van der Waals surface area contributed by atoms with E-state index in [-0.39, 0.29) is 16.6 Å². The second kappa shape index (κ2) is 6.85. The fourth-order valence-electron chi connectivity index (χ4n) is 2.09. The van der Waals surface area contributed by atoms with E-state index in [1.165, 1.54) is 12.3 Å². The predicted octanol–water partition coefficient (Wildman–Crippen LogP) is 1.94. The lowest BCUT2D eigenvalue weighted by atomic mass is 10.3. The van der Waals surface area contributed by atoms with Gasteiger partial charge in [-0.25, -0.2) is 17.9 Å². The van der Waals surface area contributed by atoms with Crippen LogP contribution in [0.3, 0.4) is 0 Å². The molecule has 0 unspecified atom stereocenters. The zero-order chi connectivity index (χ0) is 15.5. The maximum Gasteiger partial charge on any atom is 0.352 e. The molecule has 0 aromatic carbocycles. The van der Waals surface area contributed by atoms with Crippen molar-refractivity contribution in [1.29, 1.82) is 0 Å². The van der Waals surface area contributed by atoms with Crippen molar-refractivity contribution in [1.82, 2.24) is 9.29 Å². The van der Waals surface area contributed by atoms with E-state index >= 15 is 0 Å². The zero-order valence-corrected chi connectivity index (χ0v) is 13.5. The first-order valence-electron chi connectivity index (χ1n) is 6.89. The second-order valence-corrected chi connectivity index (χ2v) is 7.85. The van der Waals surface area contributed by atoms with E-state index in [1.54, 1.807) is 16.3 Å². The summed E-state index contributed by atoms with van der Waals surface area (Å²) in [5.74, 6) is -0.0912. The lowest BCUT2D eigenvalue weighted by Gasteiger charge is -2.04. The van der Waals surface area contributed by atoms with Gasteiger partial charge in [-0.1, -0.05) is 0 Å². The Morgan fingerprint density at radius 2 is 2.19 bits per heavy atom. The highest BCUT2D eigenvalue weighted by Crippen LogP contribution is 2.37. The molecular formula is C13H20N2O4S2. The average Bonchev–Trinajstić information content (AvgIpc) is 3.16. The number of unbranched alkanes of at least 4 members (excludes halogenated alkanes) is 1. The minimum atomic E-state index is -3.63. The van der Waals surface area contributed by atoms with Gasteiger partial charge in [0, 0.05) is 18.8 Å². The smallest absolute Gasteiger partial charge is 0.352 e. The van der Waals surface area contributed by atoms with Gasteiger partial charge in [0.1, 0.15) is 10.6 Å². The molecule has 1 aliphatic rings. The number of carboxylic acid groups (broad SMARTS) is 1. The Hall–Kier alpha value is -0.990. The number of aromatic carboxylic acids is 1. The van der Waals surface area contributed by atoms with Crippen LogP contribution in [0.4, 0.5) is 0 Å². The number of carbonyl (C=O) groups is 1. The standard InChI is InChI=1S/C13H20N2O4S2/c1-20-7-3-2-6-14-21(18,19)11-8-12(13(16)17)15(9-11)10-4-5-10/h8-10,14H,2-7H2,1H3,(H,16,17). The average molecular weight is 332 g/mol. The van der Waals surface area contributed by atoms with Crippen LogP contribution in [0.15, 0.2) is 17.2 Å². The maximum atomic E-state index is 12.2. The van der Waals surface area contributed by atoms with E-state index in [4.69, 9.17) is 5.11 Å². The molecular weight excluding hydrogens is 312 g/mol. The minimum Gasteiger partial charge on any atom is -0.477 e. The summed E-state index contributed by atoms with van der Waals surface area (Å²) in [6, 6.07) is 1.37. The van der Waals surface area contributed by atoms with Gasteiger partial charge in [0.05, 0.1) is 0 Å². The van der Waals surface area contributed by atoms with E-state index in [0.717, 1.165) is 31.4 Å². The van der Waals surface area contributed by atoms with Gasteiger partial charge in [0.2, 0.25) is 10.0 Å². The quantitative estimate of drug-likeness (QED) is 0.675. The normalized spacial score (nSPS) is 15.3. The van der Waals surface area contributed by atoms with Crippen molar-refractivity contribution in [2.24, 2.45) is 0 Å². The monoisotopic (exact) mass is 332 g/mol. The highest BCUT2D eigenvalue weighted by atomic mass is 32.2. The van der Waals surface area contributed by atoms with E-state index in [2.05, 4.69) is 4.72 Å². The number of thioether (sulfide) groups is 1. The molecule has 1 fully saturated rings. The van der Waals surface area contributed by atoms with E-state index in [0.29, 0.717) is 6.54 Å². The summed E-state index contributed by atoms with van der Waals surface area (Å²) in [4.78, 5) is 11.2. The van der Waals surface area contributed by atoms with Gasteiger partial charge in [-0.15, -0.1) is 0 Å².